The number of hydrogen-bond donors (Lipinski definition) is 1. The molecule has 0 aromatic rings. The molecule has 1 rings (SSSR count). The Hall–Kier alpha value is -1.21. The topological polar surface area (TPSA) is 49.8 Å². The summed E-state index contributed by atoms with van der Waals surface area (Å²) < 4.78 is 5.22. The highest BCUT2D eigenvalue weighted by atomic mass is 16.6. The summed E-state index contributed by atoms with van der Waals surface area (Å²) >= 11 is 0. The highest BCUT2D eigenvalue weighted by Gasteiger charge is 2.31. The van der Waals surface area contributed by atoms with E-state index in [1.54, 1.807) is 0 Å². The number of terminal acetylenes is 1. The first-order valence-electron chi connectivity index (χ1n) is 5.45. The average Bonchev–Trinajstić information content (AvgIpc) is 2.15. The van der Waals surface area contributed by atoms with Gasteiger partial charge >= 0.3 is 6.09 Å². The van der Waals surface area contributed by atoms with Crippen molar-refractivity contribution < 1.29 is 14.6 Å². The minimum Gasteiger partial charge on any atom is -0.444 e. The van der Waals surface area contributed by atoms with Gasteiger partial charge in [-0.25, -0.2) is 4.79 Å². The third-order valence-electron chi connectivity index (χ3n) is 2.45. The number of hydrogen-bond acceptors (Lipinski definition) is 3. The molecule has 90 valence electrons. The first-order valence-corrected chi connectivity index (χ1v) is 5.45. The van der Waals surface area contributed by atoms with E-state index in [1.807, 2.05) is 20.8 Å². The third kappa shape index (κ3) is 3.42. The van der Waals surface area contributed by atoms with Crippen molar-refractivity contribution in [3.05, 3.63) is 0 Å². The summed E-state index contributed by atoms with van der Waals surface area (Å²) in [6.07, 6.45) is 4.86. The second-order valence-corrected chi connectivity index (χ2v) is 5.06. The minimum atomic E-state index is -0.647. The number of nitrogens with zero attached hydrogens (tertiary/aromatic N) is 1. The van der Waals surface area contributed by atoms with Crippen LogP contribution >= 0.6 is 0 Å². The zero-order valence-corrected chi connectivity index (χ0v) is 10.1. The predicted octanol–water partition coefficient (Wildman–Crippen LogP) is 1.24. The van der Waals surface area contributed by atoms with Crippen LogP contribution in [-0.4, -0.2) is 40.9 Å². The van der Waals surface area contributed by atoms with Gasteiger partial charge in [-0.1, -0.05) is 0 Å². The van der Waals surface area contributed by atoms with Gasteiger partial charge in [0.15, 0.2) is 0 Å². The molecule has 1 aliphatic heterocycles. The molecule has 1 fully saturated rings. The van der Waals surface area contributed by atoms with Crippen LogP contribution in [0, 0.1) is 18.3 Å². The van der Waals surface area contributed by atoms with Crippen LogP contribution in [0.15, 0.2) is 0 Å². The van der Waals surface area contributed by atoms with E-state index >= 15 is 0 Å². The van der Waals surface area contributed by atoms with Gasteiger partial charge in [0, 0.05) is 12.5 Å². The van der Waals surface area contributed by atoms with Crippen LogP contribution in [0.3, 0.4) is 0 Å². The first kappa shape index (κ1) is 12.9. The van der Waals surface area contributed by atoms with Crippen molar-refractivity contribution in [2.75, 3.05) is 13.1 Å². The summed E-state index contributed by atoms with van der Waals surface area (Å²) in [6, 6.07) is 0. The van der Waals surface area contributed by atoms with Crippen LogP contribution in [0.4, 0.5) is 4.79 Å². The molecule has 1 amide bonds. The Morgan fingerprint density at radius 1 is 1.56 bits per heavy atom. The Balaban J connectivity index is 2.52. The van der Waals surface area contributed by atoms with Gasteiger partial charge in [-0.05, 0) is 27.2 Å². The van der Waals surface area contributed by atoms with Gasteiger partial charge in [-0.15, -0.1) is 12.3 Å². The van der Waals surface area contributed by atoms with E-state index in [9.17, 15) is 9.90 Å². The number of rotatable bonds is 0. The minimum absolute atomic E-state index is 0.154. The van der Waals surface area contributed by atoms with Crippen molar-refractivity contribution in [1.29, 1.82) is 0 Å². The maximum Gasteiger partial charge on any atom is 0.410 e. The molecular weight excluding hydrogens is 206 g/mol. The lowest BCUT2D eigenvalue weighted by Gasteiger charge is -2.34. The quantitative estimate of drug-likeness (QED) is 0.631. The van der Waals surface area contributed by atoms with Crippen LogP contribution in [0.25, 0.3) is 0 Å². The number of ether oxygens (including phenoxy) is 1. The highest BCUT2D eigenvalue weighted by Crippen LogP contribution is 2.19. The van der Waals surface area contributed by atoms with Crippen molar-refractivity contribution in [3.8, 4) is 12.3 Å². The zero-order chi connectivity index (χ0) is 12.3. The van der Waals surface area contributed by atoms with Crippen LogP contribution < -0.4 is 0 Å². The maximum absolute atomic E-state index is 11.7. The van der Waals surface area contributed by atoms with Crippen molar-refractivity contribution in [2.24, 2.45) is 5.92 Å². The fraction of sp³-hybridized carbons (Fsp3) is 0.750. The predicted molar refractivity (Wildman–Crippen MR) is 60.8 cm³/mol. The Morgan fingerprint density at radius 2 is 2.19 bits per heavy atom. The lowest BCUT2D eigenvalue weighted by molar-refractivity contribution is -0.00420. The Labute approximate surface area is 96.6 Å². The Kier molecular flexibility index (Phi) is 3.82. The number of amides is 1. The van der Waals surface area contributed by atoms with E-state index in [1.165, 1.54) is 4.90 Å². The van der Waals surface area contributed by atoms with Gasteiger partial charge in [0.1, 0.15) is 5.60 Å². The number of carbonyl (C=O) groups excluding carboxylic acids is 1. The van der Waals surface area contributed by atoms with E-state index in [4.69, 9.17) is 11.2 Å². The molecule has 0 saturated carbocycles. The van der Waals surface area contributed by atoms with Gasteiger partial charge < -0.3 is 14.7 Å². The summed E-state index contributed by atoms with van der Waals surface area (Å²) in [7, 11) is 0. The summed E-state index contributed by atoms with van der Waals surface area (Å²) in [6.45, 7) is 6.24. The smallest absolute Gasteiger partial charge is 0.410 e. The molecule has 1 N–H and O–H groups in total. The SMILES string of the molecule is C#CC1CCN(C(=O)OC(C)(C)C)CC1O. The molecule has 0 aromatic carbocycles. The molecule has 0 aromatic heterocycles. The Morgan fingerprint density at radius 3 is 2.62 bits per heavy atom. The van der Waals surface area contributed by atoms with Gasteiger partial charge in [0.25, 0.3) is 0 Å². The third-order valence-corrected chi connectivity index (χ3v) is 2.45. The average molecular weight is 225 g/mol. The molecule has 1 heterocycles. The van der Waals surface area contributed by atoms with E-state index < -0.39 is 11.7 Å². The van der Waals surface area contributed by atoms with Crippen LogP contribution in [0.5, 0.6) is 0 Å². The summed E-state index contributed by atoms with van der Waals surface area (Å²) in [5.74, 6) is 2.38. The summed E-state index contributed by atoms with van der Waals surface area (Å²) in [4.78, 5) is 13.2. The fourth-order valence-corrected chi connectivity index (χ4v) is 1.62. The lowest BCUT2D eigenvalue weighted by atomic mass is 9.95. The molecule has 4 nitrogen and oxygen atoms in total. The molecule has 2 unspecified atom stereocenters. The van der Waals surface area contributed by atoms with Crippen LogP contribution in [-0.2, 0) is 4.74 Å². The number of piperidine rings is 1. The normalized spacial score (nSPS) is 26.1. The number of carbonyl (C=O) groups is 1. The molecule has 1 aliphatic rings. The largest absolute Gasteiger partial charge is 0.444 e. The van der Waals surface area contributed by atoms with Crippen LogP contribution in [0.1, 0.15) is 27.2 Å². The number of likely N-dealkylation sites (tertiary alicyclic amines) is 1. The maximum atomic E-state index is 11.7. The molecule has 0 radical (unpaired) electrons. The summed E-state index contributed by atoms with van der Waals surface area (Å²) in [5.41, 5.74) is -0.509. The van der Waals surface area contributed by atoms with Gasteiger partial charge in [-0.2, -0.15) is 0 Å². The first-order chi connectivity index (χ1) is 7.33. The molecule has 1 saturated heterocycles. The van der Waals surface area contributed by atoms with E-state index in [0.29, 0.717) is 13.0 Å². The lowest BCUT2D eigenvalue weighted by Crippen LogP contribution is -2.47. The van der Waals surface area contributed by atoms with Gasteiger partial charge in [-0.3, -0.25) is 0 Å². The van der Waals surface area contributed by atoms with Gasteiger partial charge in [0.2, 0.25) is 0 Å². The van der Waals surface area contributed by atoms with Crippen molar-refractivity contribution in [3.63, 3.8) is 0 Å². The molecule has 0 bridgehead atoms. The molecular formula is C12H19NO3. The summed E-state index contributed by atoms with van der Waals surface area (Å²) in [5, 5.41) is 9.69. The number of aliphatic hydroxyl groups is 1. The van der Waals surface area contributed by atoms with Crippen LogP contribution in [0.2, 0.25) is 0 Å². The molecule has 0 aliphatic carbocycles. The fourth-order valence-electron chi connectivity index (χ4n) is 1.62. The molecule has 16 heavy (non-hydrogen) atoms. The zero-order valence-electron chi connectivity index (χ0n) is 10.1. The standard InChI is InChI=1S/C12H19NO3/c1-5-9-6-7-13(8-10(9)14)11(15)16-12(2,3)4/h1,9-10,14H,6-8H2,2-4H3. The molecule has 2 atom stereocenters. The Bertz CT molecular complexity index is 300. The van der Waals surface area contributed by atoms with Gasteiger partial charge in [0.05, 0.1) is 12.6 Å². The van der Waals surface area contributed by atoms with E-state index in [0.717, 1.165) is 0 Å². The monoisotopic (exact) mass is 225 g/mol. The van der Waals surface area contributed by atoms with Crippen molar-refractivity contribution in [2.45, 2.75) is 38.9 Å². The molecule has 0 spiro atoms. The molecule has 4 heteroatoms. The van der Waals surface area contributed by atoms with Crippen molar-refractivity contribution >= 4 is 6.09 Å². The van der Waals surface area contributed by atoms with E-state index in [2.05, 4.69) is 5.92 Å². The second kappa shape index (κ2) is 4.75. The second-order valence-electron chi connectivity index (χ2n) is 5.06. The van der Waals surface area contributed by atoms with Crippen molar-refractivity contribution in [1.82, 2.24) is 4.90 Å². The number of aliphatic hydroxyl groups excluding tert-OH is 1. The number of β-amino-alcohol motifs (C(OH)–C–C–N with tert-alkyl or cyclic N) is 1. The van der Waals surface area contributed by atoms with E-state index in [-0.39, 0.29) is 18.6 Å². The highest BCUT2D eigenvalue weighted by molar-refractivity contribution is 5.68.